The highest BCUT2D eigenvalue weighted by atomic mass is 16.4. The number of carbonyl (C=O) groups is 2. The molecule has 0 aliphatic heterocycles. The number of rotatable bonds is 3. The third-order valence-corrected chi connectivity index (χ3v) is 3.27. The second-order valence-electron chi connectivity index (χ2n) is 5.13. The number of carboxylic acid groups (broad SMARTS) is 1. The van der Waals surface area contributed by atoms with E-state index in [4.69, 9.17) is 0 Å². The van der Waals surface area contributed by atoms with Gasteiger partial charge in [0.1, 0.15) is 11.5 Å². The topological polar surface area (TPSA) is 86.3 Å². The van der Waals surface area contributed by atoms with Crippen LogP contribution in [0.3, 0.4) is 0 Å². The van der Waals surface area contributed by atoms with Gasteiger partial charge in [-0.15, -0.1) is 0 Å². The summed E-state index contributed by atoms with van der Waals surface area (Å²) in [5, 5.41) is 9.20. The van der Waals surface area contributed by atoms with Gasteiger partial charge in [-0.1, -0.05) is 19.9 Å². The van der Waals surface area contributed by atoms with Crippen molar-refractivity contribution in [2.75, 3.05) is 14.1 Å². The molecule has 2 N–H and O–H groups in total. The van der Waals surface area contributed by atoms with E-state index in [2.05, 4.69) is 9.97 Å². The van der Waals surface area contributed by atoms with Crippen LogP contribution in [0, 0.1) is 13.8 Å². The number of imidazole rings is 1. The zero-order chi connectivity index (χ0) is 17.7. The maximum absolute atomic E-state index is 11.9. The Bertz CT molecular complexity index is 718. The number of benzene rings is 1. The number of hydrogen-bond acceptors (Lipinski definition) is 3. The molecule has 0 saturated carbocycles. The van der Waals surface area contributed by atoms with E-state index in [1.807, 2.05) is 20.8 Å². The highest BCUT2D eigenvalue weighted by Crippen LogP contribution is 2.24. The molecule has 2 rings (SSSR count). The van der Waals surface area contributed by atoms with Gasteiger partial charge in [0, 0.05) is 19.7 Å². The van der Waals surface area contributed by atoms with Crippen LogP contribution >= 0.6 is 0 Å². The van der Waals surface area contributed by atoms with Crippen molar-refractivity contribution in [3.05, 3.63) is 40.7 Å². The minimum Gasteiger partial charge on any atom is -0.478 e. The molecule has 124 valence electrons. The van der Waals surface area contributed by atoms with Gasteiger partial charge in [-0.2, -0.15) is 0 Å². The molecule has 0 aliphatic carbocycles. The lowest BCUT2D eigenvalue weighted by molar-refractivity contribution is 0.0695. The molecular formula is C17H23N3O3. The second-order valence-corrected chi connectivity index (χ2v) is 5.13. The van der Waals surface area contributed by atoms with Crippen molar-refractivity contribution in [1.82, 2.24) is 14.9 Å². The fourth-order valence-electron chi connectivity index (χ4n) is 2.15. The summed E-state index contributed by atoms with van der Waals surface area (Å²) >= 11 is 0. The predicted molar refractivity (Wildman–Crippen MR) is 89.8 cm³/mol. The third kappa shape index (κ3) is 3.97. The summed E-state index contributed by atoms with van der Waals surface area (Å²) in [6.07, 6.45) is 1.46. The molecule has 6 nitrogen and oxygen atoms in total. The van der Waals surface area contributed by atoms with Crippen LogP contribution in [0.15, 0.2) is 18.3 Å². The predicted octanol–water partition coefficient (Wildman–Crippen LogP) is 3.12. The first-order chi connectivity index (χ1) is 10.8. The molecule has 0 fully saturated rings. The van der Waals surface area contributed by atoms with Crippen molar-refractivity contribution in [2.24, 2.45) is 0 Å². The summed E-state index contributed by atoms with van der Waals surface area (Å²) in [6, 6.07) is 3.38. The molecule has 0 unspecified atom stereocenters. The van der Waals surface area contributed by atoms with Gasteiger partial charge in [-0.05, 0) is 31.0 Å². The van der Waals surface area contributed by atoms with Gasteiger partial charge in [0.05, 0.1) is 11.8 Å². The zero-order valence-electron chi connectivity index (χ0n) is 14.4. The minimum absolute atomic E-state index is 0.183. The number of aromatic amines is 1. The molecule has 23 heavy (non-hydrogen) atoms. The van der Waals surface area contributed by atoms with Crippen molar-refractivity contribution in [3.8, 4) is 11.4 Å². The lowest BCUT2D eigenvalue weighted by atomic mass is 9.99. The Labute approximate surface area is 136 Å². The minimum atomic E-state index is -0.982. The first-order valence-corrected chi connectivity index (χ1v) is 7.43. The quantitative estimate of drug-likeness (QED) is 0.910. The van der Waals surface area contributed by atoms with Gasteiger partial charge in [-0.25, -0.2) is 9.78 Å². The summed E-state index contributed by atoms with van der Waals surface area (Å²) in [6.45, 7) is 7.63. The van der Waals surface area contributed by atoms with Crippen LogP contribution in [0.5, 0.6) is 0 Å². The number of hydrogen-bond donors (Lipinski definition) is 2. The molecule has 1 aromatic heterocycles. The van der Waals surface area contributed by atoms with Crippen LogP contribution < -0.4 is 0 Å². The molecule has 0 spiro atoms. The fraction of sp³-hybridized carbons (Fsp3) is 0.353. The molecule has 2 aromatic rings. The summed E-state index contributed by atoms with van der Waals surface area (Å²) < 4.78 is 0. The van der Waals surface area contributed by atoms with E-state index in [-0.39, 0.29) is 11.5 Å². The van der Waals surface area contributed by atoms with Gasteiger partial charge >= 0.3 is 5.97 Å². The van der Waals surface area contributed by atoms with Crippen molar-refractivity contribution in [2.45, 2.75) is 27.7 Å². The maximum Gasteiger partial charge on any atom is 0.335 e. The summed E-state index contributed by atoms with van der Waals surface area (Å²) in [7, 11) is 3.31. The van der Waals surface area contributed by atoms with Gasteiger partial charge in [0.25, 0.3) is 5.91 Å². The Kier molecular flexibility index (Phi) is 6.07. The molecular weight excluding hydrogens is 294 g/mol. The summed E-state index contributed by atoms with van der Waals surface area (Å²) in [5.41, 5.74) is 2.87. The van der Waals surface area contributed by atoms with E-state index in [0.29, 0.717) is 22.6 Å². The van der Waals surface area contributed by atoms with Crippen LogP contribution in [-0.4, -0.2) is 45.9 Å². The second kappa shape index (κ2) is 7.58. The van der Waals surface area contributed by atoms with E-state index in [1.54, 1.807) is 33.2 Å². The Morgan fingerprint density at radius 3 is 2.26 bits per heavy atom. The van der Waals surface area contributed by atoms with Crippen molar-refractivity contribution in [3.63, 3.8) is 0 Å². The molecule has 0 aliphatic rings. The highest BCUT2D eigenvalue weighted by molar-refractivity contribution is 5.93. The summed E-state index contributed by atoms with van der Waals surface area (Å²) in [5.74, 6) is -0.679. The standard InChI is InChI=1S/C15H17N3O3.C2H6/c1-8-5-9(2)11(15(20)21)6-10(8)13-16-7-12(17-13)14(19)18(3)4;1-2/h5-7H,1-4H3,(H,16,17)(H,20,21);1-2H3. The molecule has 6 heteroatoms. The monoisotopic (exact) mass is 317 g/mol. The maximum atomic E-state index is 11.9. The van der Waals surface area contributed by atoms with Crippen LogP contribution in [0.4, 0.5) is 0 Å². The van der Waals surface area contributed by atoms with E-state index in [1.165, 1.54) is 11.1 Å². The Hall–Kier alpha value is -2.63. The number of amides is 1. The van der Waals surface area contributed by atoms with Crippen molar-refractivity contribution >= 4 is 11.9 Å². The van der Waals surface area contributed by atoms with Crippen molar-refractivity contribution in [1.29, 1.82) is 0 Å². The number of H-pyrrole nitrogens is 1. The Morgan fingerprint density at radius 2 is 1.74 bits per heavy atom. The van der Waals surface area contributed by atoms with E-state index in [9.17, 15) is 14.7 Å². The molecule has 0 radical (unpaired) electrons. The number of carbonyl (C=O) groups excluding carboxylic acids is 1. The number of nitrogens with zero attached hydrogens (tertiary/aromatic N) is 2. The average molecular weight is 317 g/mol. The normalized spacial score (nSPS) is 9.83. The van der Waals surface area contributed by atoms with Gasteiger partial charge in [0.15, 0.2) is 0 Å². The first kappa shape index (κ1) is 18.4. The highest BCUT2D eigenvalue weighted by Gasteiger charge is 2.16. The number of aryl methyl sites for hydroxylation is 2. The van der Waals surface area contributed by atoms with E-state index in [0.717, 1.165) is 5.56 Å². The molecule has 0 saturated heterocycles. The number of aromatic carboxylic acids is 1. The number of carboxylic acids is 1. The Morgan fingerprint density at radius 1 is 1.13 bits per heavy atom. The largest absolute Gasteiger partial charge is 0.478 e. The Balaban J connectivity index is 0.00000127. The van der Waals surface area contributed by atoms with Crippen LogP contribution in [-0.2, 0) is 0 Å². The van der Waals surface area contributed by atoms with Crippen molar-refractivity contribution < 1.29 is 14.7 Å². The molecule has 1 aromatic carbocycles. The molecule has 1 amide bonds. The average Bonchev–Trinajstić information content (AvgIpc) is 2.97. The van der Waals surface area contributed by atoms with Gasteiger partial charge < -0.3 is 15.0 Å². The number of nitrogens with one attached hydrogen (secondary N) is 1. The lowest BCUT2D eigenvalue weighted by Crippen LogP contribution is -2.21. The van der Waals surface area contributed by atoms with Crippen LogP contribution in [0.2, 0.25) is 0 Å². The van der Waals surface area contributed by atoms with Gasteiger partial charge in [-0.3, -0.25) is 4.79 Å². The molecule has 0 bridgehead atoms. The lowest BCUT2D eigenvalue weighted by Gasteiger charge is -2.09. The summed E-state index contributed by atoms with van der Waals surface area (Å²) in [4.78, 5) is 31.7. The van der Waals surface area contributed by atoms with Crippen LogP contribution in [0.25, 0.3) is 11.4 Å². The fourth-order valence-corrected chi connectivity index (χ4v) is 2.15. The van der Waals surface area contributed by atoms with Crippen LogP contribution in [0.1, 0.15) is 45.8 Å². The number of aromatic nitrogens is 2. The SMILES string of the molecule is CC.Cc1cc(C)c(-c2ncc(C(=O)N(C)C)[nH]2)cc1C(=O)O. The van der Waals surface area contributed by atoms with E-state index >= 15 is 0 Å². The third-order valence-electron chi connectivity index (χ3n) is 3.27. The van der Waals surface area contributed by atoms with E-state index < -0.39 is 5.97 Å². The zero-order valence-corrected chi connectivity index (χ0v) is 14.4. The molecule has 0 atom stereocenters. The smallest absolute Gasteiger partial charge is 0.335 e. The molecule has 1 heterocycles. The van der Waals surface area contributed by atoms with Gasteiger partial charge in [0.2, 0.25) is 0 Å². The first-order valence-electron chi connectivity index (χ1n) is 7.43.